The summed E-state index contributed by atoms with van der Waals surface area (Å²) in [7, 11) is 5.38. The molecule has 0 aromatic carbocycles. The summed E-state index contributed by atoms with van der Waals surface area (Å²) < 4.78 is 5.97. The molecule has 3 nitrogen and oxygen atoms in total. The number of hydrogen-bond acceptors (Lipinski definition) is 4. The predicted molar refractivity (Wildman–Crippen MR) is 74.2 cm³/mol. The Balaban J connectivity index is 3.14. The van der Waals surface area contributed by atoms with Crippen molar-refractivity contribution in [3.63, 3.8) is 0 Å². The van der Waals surface area contributed by atoms with Crippen LogP contribution in [0.2, 0.25) is 0 Å². The van der Waals surface area contributed by atoms with Gasteiger partial charge in [0.05, 0.1) is 22.4 Å². The minimum Gasteiger partial charge on any atom is -0.469 e. The Morgan fingerprint density at radius 1 is 1.47 bits per heavy atom. The molecule has 0 aliphatic heterocycles. The summed E-state index contributed by atoms with van der Waals surface area (Å²) in [6, 6.07) is 4.06. The van der Waals surface area contributed by atoms with Gasteiger partial charge in [-0.2, -0.15) is 0 Å². The standard InChI is InChI=1S/C12H18BrNO2S/c1-12(2,11(15)16-5)10(14(3)4)8-6-7-9(13)17-8/h6-7,10H,1-5H3. The Bertz CT molecular complexity index is 401. The molecule has 0 aliphatic carbocycles. The number of thiophene rings is 1. The summed E-state index contributed by atoms with van der Waals surface area (Å²) in [4.78, 5) is 15.1. The first-order valence-corrected chi connectivity index (χ1v) is 6.91. The van der Waals surface area contributed by atoms with Crippen molar-refractivity contribution in [2.24, 2.45) is 5.41 Å². The van der Waals surface area contributed by atoms with Gasteiger partial charge in [0, 0.05) is 4.88 Å². The van der Waals surface area contributed by atoms with Crippen molar-refractivity contribution in [2.45, 2.75) is 19.9 Å². The molecule has 1 heterocycles. The van der Waals surface area contributed by atoms with Crippen molar-refractivity contribution < 1.29 is 9.53 Å². The third-order valence-corrected chi connectivity index (χ3v) is 4.45. The van der Waals surface area contributed by atoms with Crippen molar-refractivity contribution in [1.29, 1.82) is 0 Å². The lowest BCUT2D eigenvalue weighted by Gasteiger charge is -2.35. The quantitative estimate of drug-likeness (QED) is 0.797. The van der Waals surface area contributed by atoms with E-state index in [2.05, 4.69) is 20.8 Å². The average molecular weight is 320 g/mol. The highest BCUT2D eigenvalue weighted by molar-refractivity contribution is 9.11. The summed E-state index contributed by atoms with van der Waals surface area (Å²) in [6.07, 6.45) is 0. The molecular formula is C12H18BrNO2S. The van der Waals surface area contributed by atoms with Crippen LogP contribution in [0.5, 0.6) is 0 Å². The molecule has 0 bridgehead atoms. The summed E-state index contributed by atoms with van der Waals surface area (Å²) in [5.41, 5.74) is -0.581. The molecule has 0 saturated carbocycles. The maximum atomic E-state index is 11.9. The molecule has 5 heteroatoms. The first kappa shape index (κ1) is 14.7. The van der Waals surface area contributed by atoms with Crippen LogP contribution in [-0.4, -0.2) is 32.1 Å². The number of methoxy groups -OCH3 is 1. The molecule has 1 aromatic heterocycles. The monoisotopic (exact) mass is 319 g/mol. The van der Waals surface area contributed by atoms with Gasteiger partial charge in [-0.1, -0.05) is 0 Å². The lowest BCUT2D eigenvalue weighted by Crippen LogP contribution is -2.39. The van der Waals surface area contributed by atoms with Gasteiger partial charge >= 0.3 is 5.97 Å². The summed E-state index contributed by atoms with van der Waals surface area (Å²) in [6.45, 7) is 3.83. The van der Waals surface area contributed by atoms with Crippen LogP contribution >= 0.6 is 27.3 Å². The number of rotatable bonds is 4. The highest BCUT2D eigenvalue weighted by Crippen LogP contribution is 2.41. The van der Waals surface area contributed by atoms with Crippen LogP contribution in [0, 0.1) is 5.41 Å². The molecule has 96 valence electrons. The Morgan fingerprint density at radius 2 is 2.06 bits per heavy atom. The van der Waals surface area contributed by atoms with Crippen LogP contribution in [-0.2, 0) is 9.53 Å². The lowest BCUT2D eigenvalue weighted by molar-refractivity contribution is -0.154. The van der Waals surface area contributed by atoms with Gasteiger partial charge in [0.25, 0.3) is 0 Å². The van der Waals surface area contributed by atoms with E-state index >= 15 is 0 Å². The molecule has 0 N–H and O–H groups in total. The number of nitrogens with zero attached hydrogens (tertiary/aromatic N) is 1. The predicted octanol–water partition coefficient (Wildman–Crippen LogP) is 3.31. The molecule has 0 aliphatic rings. The van der Waals surface area contributed by atoms with Crippen LogP contribution in [0.15, 0.2) is 15.9 Å². The summed E-state index contributed by atoms with van der Waals surface area (Å²) in [5.74, 6) is -0.194. The van der Waals surface area contributed by atoms with Gasteiger partial charge in [-0.15, -0.1) is 11.3 Å². The van der Waals surface area contributed by atoms with Gasteiger partial charge in [-0.3, -0.25) is 4.79 Å². The van der Waals surface area contributed by atoms with Gasteiger partial charge in [0.2, 0.25) is 0 Å². The van der Waals surface area contributed by atoms with E-state index in [1.54, 1.807) is 11.3 Å². The largest absolute Gasteiger partial charge is 0.469 e. The first-order valence-electron chi connectivity index (χ1n) is 5.30. The second-order valence-corrected chi connectivity index (χ2v) is 7.22. The highest BCUT2D eigenvalue weighted by atomic mass is 79.9. The summed E-state index contributed by atoms with van der Waals surface area (Å²) in [5, 5.41) is 0. The number of halogens is 1. The molecule has 0 fully saturated rings. The molecule has 17 heavy (non-hydrogen) atoms. The maximum Gasteiger partial charge on any atom is 0.313 e. The van der Waals surface area contributed by atoms with Crippen molar-refractivity contribution in [2.75, 3.05) is 21.2 Å². The Labute approximate surface area is 115 Å². The third-order valence-electron chi connectivity index (χ3n) is 2.77. The number of carbonyl (C=O) groups excluding carboxylic acids is 1. The lowest BCUT2D eigenvalue weighted by atomic mass is 9.83. The fourth-order valence-corrected chi connectivity index (χ4v) is 3.91. The third kappa shape index (κ3) is 3.09. The highest BCUT2D eigenvalue weighted by Gasteiger charge is 2.40. The molecule has 1 aromatic rings. The Hall–Kier alpha value is -0.390. The van der Waals surface area contributed by atoms with Crippen LogP contribution in [0.1, 0.15) is 24.8 Å². The van der Waals surface area contributed by atoms with Crippen LogP contribution in [0.25, 0.3) is 0 Å². The van der Waals surface area contributed by atoms with E-state index in [1.165, 1.54) is 7.11 Å². The second-order valence-electron chi connectivity index (χ2n) is 4.72. The molecule has 1 unspecified atom stereocenters. The molecule has 0 amide bonds. The minimum absolute atomic E-state index is 0.00579. The van der Waals surface area contributed by atoms with Crippen LogP contribution < -0.4 is 0 Å². The minimum atomic E-state index is -0.581. The van der Waals surface area contributed by atoms with E-state index < -0.39 is 5.41 Å². The van der Waals surface area contributed by atoms with Crippen LogP contribution in [0.4, 0.5) is 0 Å². The van der Waals surface area contributed by atoms with E-state index in [9.17, 15) is 4.79 Å². The summed E-state index contributed by atoms with van der Waals surface area (Å²) >= 11 is 5.10. The normalized spacial score (nSPS) is 13.8. The van der Waals surface area contributed by atoms with Crippen molar-refractivity contribution >= 4 is 33.2 Å². The smallest absolute Gasteiger partial charge is 0.313 e. The van der Waals surface area contributed by atoms with E-state index in [0.29, 0.717) is 0 Å². The van der Waals surface area contributed by atoms with E-state index in [4.69, 9.17) is 4.74 Å². The molecule has 0 spiro atoms. The maximum absolute atomic E-state index is 11.9. The van der Waals surface area contributed by atoms with E-state index in [-0.39, 0.29) is 12.0 Å². The van der Waals surface area contributed by atoms with Gasteiger partial charge < -0.3 is 9.64 Å². The first-order chi connectivity index (χ1) is 7.80. The van der Waals surface area contributed by atoms with E-state index in [0.717, 1.165) is 8.66 Å². The zero-order chi connectivity index (χ0) is 13.2. The van der Waals surface area contributed by atoms with Gasteiger partial charge in [-0.05, 0) is 56.0 Å². The SMILES string of the molecule is COC(=O)C(C)(C)C(c1ccc(Br)s1)N(C)C. The molecular weight excluding hydrogens is 302 g/mol. The molecule has 0 radical (unpaired) electrons. The Morgan fingerprint density at radius 3 is 2.41 bits per heavy atom. The topological polar surface area (TPSA) is 29.5 Å². The van der Waals surface area contributed by atoms with Crippen molar-refractivity contribution in [3.8, 4) is 0 Å². The molecule has 0 saturated heterocycles. The van der Waals surface area contributed by atoms with Crippen molar-refractivity contribution in [3.05, 3.63) is 20.8 Å². The zero-order valence-electron chi connectivity index (χ0n) is 10.8. The Kier molecular flexibility index (Phi) is 4.75. The van der Waals surface area contributed by atoms with Crippen molar-refractivity contribution in [1.82, 2.24) is 4.90 Å². The van der Waals surface area contributed by atoms with Gasteiger partial charge in [0.15, 0.2) is 0 Å². The number of carbonyl (C=O) groups is 1. The zero-order valence-corrected chi connectivity index (χ0v) is 13.2. The number of esters is 1. The average Bonchev–Trinajstić information content (AvgIpc) is 2.62. The van der Waals surface area contributed by atoms with E-state index in [1.807, 2.05) is 40.1 Å². The van der Waals surface area contributed by atoms with Gasteiger partial charge in [0.1, 0.15) is 0 Å². The second kappa shape index (κ2) is 5.50. The number of ether oxygens (including phenoxy) is 1. The molecule has 1 rings (SSSR count). The van der Waals surface area contributed by atoms with Gasteiger partial charge in [-0.25, -0.2) is 0 Å². The fraction of sp³-hybridized carbons (Fsp3) is 0.583. The number of hydrogen-bond donors (Lipinski definition) is 0. The molecule has 1 atom stereocenters. The van der Waals surface area contributed by atoms with Crippen LogP contribution in [0.3, 0.4) is 0 Å². The fourth-order valence-electron chi connectivity index (χ4n) is 2.11.